The molecule has 21 heavy (non-hydrogen) atoms. The molecule has 118 valence electrons. The number of hydrogen-bond donors (Lipinski definition) is 2. The lowest BCUT2D eigenvalue weighted by Crippen LogP contribution is -2.37. The zero-order chi connectivity index (χ0) is 15.4. The van der Waals surface area contributed by atoms with Crippen LogP contribution >= 0.6 is 0 Å². The second-order valence-electron chi connectivity index (χ2n) is 6.14. The minimum atomic E-state index is 0.159. The molecule has 5 heteroatoms. The average molecular weight is 292 g/mol. The van der Waals surface area contributed by atoms with E-state index in [9.17, 15) is 5.11 Å². The Labute approximate surface area is 127 Å². The Kier molecular flexibility index (Phi) is 5.39. The molecule has 1 aromatic rings. The van der Waals surface area contributed by atoms with Gasteiger partial charge in [-0.3, -0.25) is 0 Å². The van der Waals surface area contributed by atoms with Crippen LogP contribution in [-0.4, -0.2) is 41.3 Å². The smallest absolute Gasteiger partial charge is 0.137 e. The van der Waals surface area contributed by atoms with Crippen molar-refractivity contribution in [3.63, 3.8) is 0 Å². The summed E-state index contributed by atoms with van der Waals surface area (Å²) in [7, 11) is 1.90. The number of rotatable bonds is 6. The van der Waals surface area contributed by atoms with Crippen LogP contribution in [0.15, 0.2) is 0 Å². The van der Waals surface area contributed by atoms with Crippen molar-refractivity contribution in [2.45, 2.75) is 58.4 Å². The Hall–Kier alpha value is -1.36. The zero-order valence-corrected chi connectivity index (χ0v) is 13.7. The van der Waals surface area contributed by atoms with E-state index < -0.39 is 0 Å². The molecular formula is C16H28N4O. The van der Waals surface area contributed by atoms with Gasteiger partial charge < -0.3 is 15.3 Å². The van der Waals surface area contributed by atoms with E-state index in [4.69, 9.17) is 4.98 Å². The first-order valence-electron chi connectivity index (χ1n) is 8.02. The fourth-order valence-corrected chi connectivity index (χ4v) is 3.09. The number of hydrogen-bond acceptors (Lipinski definition) is 5. The molecule has 2 rings (SSSR count). The first kappa shape index (κ1) is 16.0. The molecule has 0 spiro atoms. The molecule has 1 aromatic heterocycles. The largest absolute Gasteiger partial charge is 0.395 e. The minimum absolute atomic E-state index is 0.159. The van der Waals surface area contributed by atoms with Crippen molar-refractivity contribution >= 4 is 11.6 Å². The van der Waals surface area contributed by atoms with Crippen LogP contribution in [0.5, 0.6) is 0 Å². The van der Waals surface area contributed by atoms with Crippen LogP contribution in [0.1, 0.15) is 56.8 Å². The molecule has 1 saturated carbocycles. The van der Waals surface area contributed by atoms with Crippen molar-refractivity contribution in [2.24, 2.45) is 0 Å². The van der Waals surface area contributed by atoms with Crippen LogP contribution in [-0.2, 0) is 0 Å². The van der Waals surface area contributed by atoms with E-state index in [1.54, 1.807) is 0 Å². The van der Waals surface area contributed by atoms with Gasteiger partial charge in [-0.25, -0.2) is 9.97 Å². The first-order chi connectivity index (χ1) is 10.1. The summed E-state index contributed by atoms with van der Waals surface area (Å²) >= 11 is 0. The molecule has 0 radical (unpaired) electrons. The predicted octanol–water partition coefficient (Wildman–Crippen LogP) is 2.69. The van der Waals surface area contributed by atoms with Gasteiger partial charge in [-0.1, -0.05) is 26.7 Å². The van der Waals surface area contributed by atoms with Gasteiger partial charge in [0.05, 0.1) is 6.61 Å². The standard InChI is InChI=1S/C16H28N4O/c1-11(2)14-18-15(17-4)12(3)16(19-14)20(9-10-21)13-7-5-6-8-13/h11,13,21H,5-10H2,1-4H3,(H,17,18,19). The number of nitrogens with zero attached hydrogens (tertiary/aromatic N) is 3. The van der Waals surface area contributed by atoms with Gasteiger partial charge in [-0.2, -0.15) is 0 Å². The van der Waals surface area contributed by atoms with Gasteiger partial charge >= 0.3 is 0 Å². The first-order valence-corrected chi connectivity index (χ1v) is 8.02. The molecule has 1 heterocycles. The maximum Gasteiger partial charge on any atom is 0.137 e. The molecule has 0 unspecified atom stereocenters. The molecule has 0 bridgehead atoms. The molecule has 1 aliphatic rings. The topological polar surface area (TPSA) is 61.3 Å². The third kappa shape index (κ3) is 3.46. The van der Waals surface area contributed by atoms with Crippen LogP contribution in [0.4, 0.5) is 11.6 Å². The van der Waals surface area contributed by atoms with Crippen molar-refractivity contribution < 1.29 is 5.11 Å². The van der Waals surface area contributed by atoms with E-state index in [-0.39, 0.29) is 12.5 Å². The number of nitrogens with one attached hydrogen (secondary N) is 1. The lowest BCUT2D eigenvalue weighted by atomic mass is 10.1. The fraction of sp³-hybridized carbons (Fsp3) is 0.750. The summed E-state index contributed by atoms with van der Waals surface area (Å²) in [6.45, 7) is 7.08. The number of aliphatic hydroxyl groups is 1. The molecule has 0 amide bonds. The van der Waals surface area contributed by atoms with Gasteiger partial charge in [-0.15, -0.1) is 0 Å². The lowest BCUT2D eigenvalue weighted by molar-refractivity contribution is 0.296. The monoisotopic (exact) mass is 292 g/mol. The molecule has 2 N–H and O–H groups in total. The second kappa shape index (κ2) is 7.07. The third-order valence-corrected chi connectivity index (χ3v) is 4.27. The van der Waals surface area contributed by atoms with Crippen molar-refractivity contribution in [3.05, 3.63) is 11.4 Å². The van der Waals surface area contributed by atoms with Crippen LogP contribution in [0.2, 0.25) is 0 Å². The summed E-state index contributed by atoms with van der Waals surface area (Å²) in [6.07, 6.45) is 4.92. The highest BCUT2D eigenvalue weighted by atomic mass is 16.3. The van der Waals surface area contributed by atoms with Crippen molar-refractivity contribution in [1.82, 2.24) is 9.97 Å². The Morgan fingerprint density at radius 2 is 1.95 bits per heavy atom. The highest BCUT2D eigenvalue weighted by molar-refractivity contribution is 5.59. The van der Waals surface area contributed by atoms with Gasteiger partial charge in [0.15, 0.2) is 0 Å². The number of aromatic nitrogens is 2. The summed E-state index contributed by atoms with van der Waals surface area (Å²) in [4.78, 5) is 11.7. The highest BCUT2D eigenvalue weighted by Crippen LogP contribution is 2.32. The van der Waals surface area contributed by atoms with Crippen LogP contribution < -0.4 is 10.2 Å². The van der Waals surface area contributed by atoms with Crippen molar-refractivity contribution in [1.29, 1.82) is 0 Å². The van der Waals surface area contributed by atoms with Gasteiger partial charge in [0.25, 0.3) is 0 Å². The Balaban J connectivity index is 2.44. The van der Waals surface area contributed by atoms with Crippen molar-refractivity contribution in [2.75, 3.05) is 30.4 Å². The molecule has 5 nitrogen and oxygen atoms in total. The Morgan fingerprint density at radius 1 is 1.29 bits per heavy atom. The molecular weight excluding hydrogens is 264 g/mol. The van der Waals surface area contributed by atoms with E-state index in [2.05, 4.69) is 36.0 Å². The van der Waals surface area contributed by atoms with Crippen LogP contribution in [0.25, 0.3) is 0 Å². The third-order valence-electron chi connectivity index (χ3n) is 4.27. The van der Waals surface area contributed by atoms with Crippen molar-refractivity contribution in [3.8, 4) is 0 Å². The Morgan fingerprint density at radius 3 is 2.48 bits per heavy atom. The highest BCUT2D eigenvalue weighted by Gasteiger charge is 2.26. The minimum Gasteiger partial charge on any atom is -0.395 e. The number of aliphatic hydroxyl groups excluding tert-OH is 1. The second-order valence-corrected chi connectivity index (χ2v) is 6.14. The van der Waals surface area contributed by atoms with E-state index in [1.807, 2.05) is 7.05 Å². The van der Waals surface area contributed by atoms with Gasteiger partial charge in [0.2, 0.25) is 0 Å². The summed E-state index contributed by atoms with van der Waals surface area (Å²) in [5.41, 5.74) is 1.07. The van der Waals surface area contributed by atoms with Crippen LogP contribution in [0.3, 0.4) is 0 Å². The van der Waals surface area contributed by atoms with Gasteiger partial charge in [0.1, 0.15) is 17.5 Å². The van der Waals surface area contributed by atoms with Gasteiger partial charge in [0, 0.05) is 31.1 Å². The Bertz CT molecular complexity index is 470. The van der Waals surface area contributed by atoms with Crippen LogP contribution in [0, 0.1) is 6.92 Å². The van der Waals surface area contributed by atoms with E-state index in [0.717, 1.165) is 23.0 Å². The molecule has 0 atom stereocenters. The fourth-order valence-electron chi connectivity index (χ4n) is 3.09. The normalized spacial score (nSPS) is 15.7. The molecule has 0 aliphatic heterocycles. The van der Waals surface area contributed by atoms with Gasteiger partial charge in [-0.05, 0) is 19.8 Å². The molecule has 0 aromatic carbocycles. The summed E-state index contributed by atoms with van der Waals surface area (Å²) in [6, 6.07) is 0.496. The number of anilines is 2. The summed E-state index contributed by atoms with van der Waals surface area (Å²) in [5.74, 6) is 3.03. The lowest BCUT2D eigenvalue weighted by Gasteiger charge is -2.31. The quantitative estimate of drug-likeness (QED) is 0.844. The average Bonchev–Trinajstić information content (AvgIpc) is 2.99. The predicted molar refractivity (Wildman–Crippen MR) is 87.1 cm³/mol. The molecule has 1 aliphatic carbocycles. The summed E-state index contributed by atoms with van der Waals surface area (Å²) < 4.78 is 0. The van der Waals surface area contributed by atoms with E-state index in [1.165, 1.54) is 25.7 Å². The maximum absolute atomic E-state index is 9.45. The zero-order valence-electron chi connectivity index (χ0n) is 13.7. The molecule has 1 fully saturated rings. The molecule has 0 saturated heterocycles. The summed E-state index contributed by atoms with van der Waals surface area (Å²) in [5, 5.41) is 12.6. The van der Waals surface area contributed by atoms with E-state index >= 15 is 0 Å². The maximum atomic E-state index is 9.45. The SMILES string of the molecule is CNc1nc(C(C)C)nc(N(CCO)C2CCCC2)c1C. The van der Waals surface area contributed by atoms with E-state index in [0.29, 0.717) is 12.6 Å².